The van der Waals surface area contributed by atoms with E-state index in [9.17, 15) is 18.8 Å². The molecule has 1 saturated heterocycles. The summed E-state index contributed by atoms with van der Waals surface area (Å²) in [5, 5.41) is 4.60. The zero-order chi connectivity index (χ0) is 20.4. The Hall–Kier alpha value is -3.55. The largest absolute Gasteiger partial charge is 0.338 e. The van der Waals surface area contributed by atoms with Crippen molar-refractivity contribution >= 4 is 22.7 Å². The average Bonchev–Trinajstić information content (AvgIpc) is 2.75. The highest BCUT2D eigenvalue weighted by atomic mass is 19.1. The summed E-state index contributed by atoms with van der Waals surface area (Å²) in [4.78, 5) is 40.4. The first-order valence-electron chi connectivity index (χ1n) is 9.30. The van der Waals surface area contributed by atoms with Gasteiger partial charge in [0.2, 0.25) is 11.3 Å². The maximum absolute atomic E-state index is 13.4. The first kappa shape index (κ1) is 18.8. The van der Waals surface area contributed by atoms with Gasteiger partial charge >= 0.3 is 0 Å². The summed E-state index contributed by atoms with van der Waals surface area (Å²) in [5.74, 6) is -0.834. The summed E-state index contributed by atoms with van der Waals surface area (Å²) in [7, 11) is 0. The smallest absolute Gasteiger partial charge is 0.254 e. The molecule has 2 heterocycles. The van der Waals surface area contributed by atoms with Crippen LogP contribution >= 0.6 is 0 Å². The highest BCUT2D eigenvalue weighted by Gasteiger charge is 2.25. The Morgan fingerprint density at radius 1 is 0.966 bits per heavy atom. The van der Waals surface area contributed by atoms with Crippen LogP contribution in [0.1, 0.15) is 10.4 Å². The van der Waals surface area contributed by atoms with Crippen LogP contribution in [0.4, 0.5) is 4.39 Å². The number of carbonyl (C=O) groups excluding carboxylic acids is 2. The van der Waals surface area contributed by atoms with Crippen LogP contribution in [0.2, 0.25) is 0 Å². The normalized spacial score (nSPS) is 14.2. The van der Waals surface area contributed by atoms with Gasteiger partial charge in [0.25, 0.3) is 5.91 Å². The maximum atomic E-state index is 13.4. The van der Waals surface area contributed by atoms with E-state index in [1.807, 2.05) is 0 Å². The van der Waals surface area contributed by atoms with Gasteiger partial charge in [-0.2, -0.15) is 5.10 Å². The lowest BCUT2D eigenvalue weighted by molar-refractivity contribution is -0.133. The molecule has 29 heavy (non-hydrogen) atoms. The number of fused-ring (bicyclic) bond motifs is 1. The van der Waals surface area contributed by atoms with Crippen LogP contribution in [0.5, 0.6) is 0 Å². The number of piperazine rings is 1. The van der Waals surface area contributed by atoms with Gasteiger partial charge in [0.05, 0.1) is 11.7 Å². The van der Waals surface area contributed by atoms with Gasteiger partial charge in [-0.15, -0.1) is 0 Å². The van der Waals surface area contributed by atoms with Crippen LogP contribution in [0.25, 0.3) is 10.9 Å². The molecule has 0 bridgehead atoms. The second-order valence-corrected chi connectivity index (χ2v) is 6.87. The van der Waals surface area contributed by atoms with Crippen molar-refractivity contribution in [1.82, 2.24) is 19.6 Å². The summed E-state index contributed by atoms with van der Waals surface area (Å²) in [6, 6.07) is 12.6. The third-order valence-corrected chi connectivity index (χ3v) is 5.04. The standard InChI is InChI=1S/C21H19FN4O3/c22-16-5-3-4-15(12-16)21(29)25-10-8-24(9-11-25)20(28)14-26-18-7-2-1-6-17(18)19(27)13-23-26/h1-7,12-13H,8-11,14H2. The van der Waals surface area contributed by atoms with Crippen LogP contribution in [-0.4, -0.2) is 57.6 Å². The first-order chi connectivity index (χ1) is 14.0. The van der Waals surface area contributed by atoms with Crippen molar-refractivity contribution in [3.8, 4) is 0 Å². The monoisotopic (exact) mass is 394 g/mol. The van der Waals surface area contributed by atoms with Crippen LogP contribution in [-0.2, 0) is 11.3 Å². The number of hydrogen-bond donors (Lipinski definition) is 0. The Balaban J connectivity index is 1.42. The van der Waals surface area contributed by atoms with Crippen molar-refractivity contribution in [3.63, 3.8) is 0 Å². The molecule has 0 radical (unpaired) electrons. The van der Waals surface area contributed by atoms with Crippen molar-refractivity contribution in [2.45, 2.75) is 6.54 Å². The molecule has 2 amide bonds. The maximum Gasteiger partial charge on any atom is 0.254 e. The predicted octanol–water partition coefficient (Wildman–Crippen LogP) is 1.52. The topological polar surface area (TPSA) is 75.5 Å². The van der Waals surface area contributed by atoms with Crippen molar-refractivity contribution in [1.29, 1.82) is 0 Å². The molecule has 1 fully saturated rings. The van der Waals surface area contributed by atoms with Gasteiger partial charge in [-0.05, 0) is 30.3 Å². The molecular formula is C21H19FN4O3. The Labute approximate surface area is 166 Å². The fourth-order valence-corrected chi connectivity index (χ4v) is 3.48. The van der Waals surface area contributed by atoms with E-state index in [2.05, 4.69) is 5.10 Å². The third kappa shape index (κ3) is 3.87. The minimum Gasteiger partial charge on any atom is -0.338 e. The van der Waals surface area contributed by atoms with E-state index in [-0.39, 0.29) is 23.8 Å². The fourth-order valence-electron chi connectivity index (χ4n) is 3.48. The zero-order valence-electron chi connectivity index (χ0n) is 15.6. The molecule has 2 aromatic carbocycles. The number of amides is 2. The molecule has 1 aliphatic heterocycles. The van der Waals surface area contributed by atoms with Gasteiger partial charge in [-0.3, -0.25) is 19.1 Å². The van der Waals surface area contributed by atoms with Gasteiger partial charge in [-0.25, -0.2) is 4.39 Å². The number of carbonyl (C=O) groups is 2. The Bertz CT molecular complexity index is 1140. The molecule has 0 spiro atoms. The van der Waals surface area contributed by atoms with Crippen molar-refractivity contribution in [2.75, 3.05) is 26.2 Å². The van der Waals surface area contributed by atoms with E-state index in [4.69, 9.17) is 0 Å². The lowest BCUT2D eigenvalue weighted by Crippen LogP contribution is -2.51. The number of nitrogens with zero attached hydrogens (tertiary/aromatic N) is 4. The SMILES string of the molecule is O=C(Cn1ncc(=O)c2ccccc21)N1CCN(C(=O)c2cccc(F)c2)CC1. The summed E-state index contributed by atoms with van der Waals surface area (Å²) in [6.07, 6.45) is 1.21. The lowest BCUT2D eigenvalue weighted by Gasteiger charge is -2.35. The fraction of sp³-hybridized carbons (Fsp3) is 0.238. The minimum absolute atomic E-state index is 0.0125. The number of rotatable bonds is 3. The van der Waals surface area contributed by atoms with Crippen molar-refractivity contribution < 1.29 is 14.0 Å². The summed E-state index contributed by atoms with van der Waals surface area (Å²) >= 11 is 0. The van der Waals surface area contributed by atoms with Gasteiger partial charge < -0.3 is 9.80 Å². The number of benzene rings is 2. The lowest BCUT2D eigenvalue weighted by atomic mass is 10.1. The molecular weight excluding hydrogens is 375 g/mol. The first-order valence-corrected chi connectivity index (χ1v) is 9.30. The minimum atomic E-state index is -0.453. The molecule has 0 N–H and O–H groups in total. The van der Waals surface area contributed by atoms with E-state index in [1.165, 1.54) is 29.1 Å². The van der Waals surface area contributed by atoms with E-state index in [1.54, 1.807) is 40.1 Å². The molecule has 8 heteroatoms. The average molecular weight is 394 g/mol. The van der Waals surface area contributed by atoms with Crippen LogP contribution < -0.4 is 5.43 Å². The Morgan fingerprint density at radius 2 is 1.69 bits per heavy atom. The predicted molar refractivity (Wildman–Crippen MR) is 105 cm³/mol. The third-order valence-electron chi connectivity index (χ3n) is 5.04. The highest BCUT2D eigenvalue weighted by molar-refractivity contribution is 5.94. The van der Waals surface area contributed by atoms with Crippen LogP contribution in [0.15, 0.2) is 59.5 Å². The van der Waals surface area contributed by atoms with E-state index in [0.29, 0.717) is 42.6 Å². The highest BCUT2D eigenvalue weighted by Crippen LogP contribution is 2.12. The second-order valence-electron chi connectivity index (χ2n) is 6.87. The molecule has 4 rings (SSSR count). The molecule has 7 nitrogen and oxygen atoms in total. The van der Waals surface area contributed by atoms with E-state index in [0.717, 1.165) is 0 Å². The van der Waals surface area contributed by atoms with E-state index >= 15 is 0 Å². The Kier molecular flexibility index (Phi) is 5.07. The second kappa shape index (κ2) is 7.83. The molecule has 1 aliphatic rings. The van der Waals surface area contributed by atoms with Gasteiger partial charge in [-0.1, -0.05) is 18.2 Å². The quantitative estimate of drug-likeness (QED) is 0.675. The number of para-hydroxylation sites is 1. The van der Waals surface area contributed by atoms with Gasteiger partial charge in [0.1, 0.15) is 12.4 Å². The summed E-state index contributed by atoms with van der Waals surface area (Å²) in [5.41, 5.74) is 0.718. The molecule has 1 aromatic heterocycles. The van der Waals surface area contributed by atoms with Crippen molar-refractivity contribution in [2.24, 2.45) is 0 Å². The molecule has 0 aliphatic carbocycles. The zero-order valence-corrected chi connectivity index (χ0v) is 15.6. The van der Waals surface area contributed by atoms with Crippen LogP contribution in [0.3, 0.4) is 0 Å². The number of hydrogen-bond acceptors (Lipinski definition) is 4. The van der Waals surface area contributed by atoms with Crippen LogP contribution in [0, 0.1) is 5.82 Å². The summed E-state index contributed by atoms with van der Waals surface area (Å²) in [6.45, 7) is 1.54. The molecule has 3 aromatic rings. The van der Waals surface area contributed by atoms with Gasteiger partial charge in [0, 0.05) is 37.1 Å². The molecule has 0 atom stereocenters. The Morgan fingerprint density at radius 3 is 2.45 bits per heavy atom. The number of halogens is 1. The molecule has 148 valence electrons. The molecule has 0 unspecified atom stereocenters. The van der Waals surface area contributed by atoms with Crippen molar-refractivity contribution in [3.05, 3.63) is 76.3 Å². The number of aromatic nitrogens is 2. The molecule has 0 saturated carbocycles. The van der Waals surface area contributed by atoms with Gasteiger partial charge in [0.15, 0.2) is 0 Å². The summed E-state index contributed by atoms with van der Waals surface area (Å²) < 4.78 is 14.9. The van der Waals surface area contributed by atoms with E-state index < -0.39 is 5.82 Å².